The molecule has 1 aromatic heterocycles. The predicted octanol–water partition coefficient (Wildman–Crippen LogP) is 2.15. The molecule has 1 fully saturated rings. The van der Waals surface area contributed by atoms with Crippen molar-refractivity contribution in [3.63, 3.8) is 0 Å². The molecule has 0 bridgehead atoms. The zero-order valence-electron chi connectivity index (χ0n) is 11.8. The van der Waals surface area contributed by atoms with Crippen LogP contribution in [0.5, 0.6) is 0 Å². The van der Waals surface area contributed by atoms with Crippen LogP contribution in [0.1, 0.15) is 51.0 Å². The highest BCUT2D eigenvalue weighted by Crippen LogP contribution is 2.28. The first-order valence-electron chi connectivity index (χ1n) is 7.12. The Labute approximate surface area is 114 Å². The van der Waals surface area contributed by atoms with Gasteiger partial charge in [0.2, 0.25) is 0 Å². The first-order chi connectivity index (χ1) is 9.09. The molecule has 5 nitrogen and oxygen atoms in total. The molecule has 1 aliphatic rings. The van der Waals surface area contributed by atoms with Gasteiger partial charge in [0.1, 0.15) is 18.0 Å². The molecule has 0 radical (unpaired) electrons. The number of aromatic nitrogens is 2. The van der Waals surface area contributed by atoms with Crippen LogP contribution in [0.2, 0.25) is 0 Å². The number of rotatable bonds is 4. The maximum atomic E-state index is 9.98. The molecular weight excluding hydrogens is 240 g/mol. The van der Waals surface area contributed by atoms with E-state index in [1.807, 2.05) is 0 Å². The molecule has 106 valence electrons. The molecule has 5 heteroatoms. The molecule has 2 rings (SSSR count). The summed E-state index contributed by atoms with van der Waals surface area (Å²) in [5.41, 5.74) is 6.88. The summed E-state index contributed by atoms with van der Waals surface area (Å²) in [5.74, 6) is 1.93. The summed E-state index contributed by atoms with van der Waals surface area (Å²) in [6.07, 6.45) is 5.62. The summed E-state index contributed by atoms with van der Waals surface area (Å²) < 4.78 is 0. The van der Waals surface area contributed by atoms with Gasteiger partial charge in [-0.2, -0.15) is 0 Å². The molecule has 1 saturated carbocycles. The third kappa shape index (κ3) is 3.35. The van der Waals surface area contributed by atoms with Gasteiger partial charge in [-0.15, -0.1) is 0 Å². The van der Waals surface area contributed by atoms with E-state index in [0.29, 0.717) is 11.7 Å². The van der Waals surface area contributed by atoms with Gasteiger partial charge >= 0.3 is 0 Å². The molecular formula is C14H24N4O. The monoisotopic (exact) mass is 264 g/mol. The van der Waals surface area contributed by atoms with E-state index in [2.05, 4.69) is 29.1 Å². The molecule has 0 aromatic carbocycles. The quantitative estimate of drug-likeness (QED) is 0.776. The van der Waals surface area contributed by atoms with Crippen LogP contribution in [0.15, 0.2) is 6.33 Å². The Morgan fingerprint density at radius 1 is 1.37 bits per heavy atom. The van der Waals surface area contributed by atoms with E-state index in [1.54, 1.807) is 0 Å². The maximum absolute atomic E-state index is 9.98. The molecule has 0 aliphatic heterocycles. The number of anilines is 2. The van der Waals surface area contributed by atoms with Crippen molar-refractivity contribution in [2.24, 2.45) is 5.92 Å². The fraction of sp³-hybridized carbons (Fsp3) is 0.714. The van der Waals surface area contributed by atoms with E-state index in [-0.39, 0.29) is 12.0 Å². The molecule has 1 heterocycles. The highest BCUT2D eigenvalue weighted by atomic mass is 16.3. The van der Waals surface area contributed by atoms with E-state index in [9.17, 15) is 5.11 Å². The van der Waals surface area contributed by atoms with Gasteiger partial charge in [0.25, 0.3) is 0 Å². The van der Waals surface area contributed by atoms with Crippen molar-refractivity contribution < 1.29 is 5.11 Å². The van der Waals surface area contributed by atoms with E-state index in [4.69, 9.17) is 5.73 Å². The molecule has 4 N–H and O–H groups in total. The molecule has 2 unspecified atom stereocenters. The SMILES string of the molecule is CC(C)c1c(N)ncnc1NCC1CCCCC1O. The Morgan fingerprint density at radius 2 is 2.11 bits per heavy atom. The molecule has 0 amide bonds. The van der Waals surface area contributed by atoms with Crippen LogP contribution >= 0.6 is 0 Å². The molecule has 1 aliphatic carbocycles. The first-order valence-corrected chi connectivity index (χ1v) is 7.12. The molecule has 2 atom stereocenters. The Morgan fingerprint density at radius 3 is 2.79 bits per heavy atom. The molecule has 1 aromatic rings. The lowest BCUT2D eigenvalue weighted by molar-refractivity contribution is 0.0763. The highest BCUT2D eigenvalue weighted by molar-refractivity contribution is 5.56. The summed E-state index contributed by atoms with van der Waals surface area (Å²) in [5, 5.41) is 13.3. The second-order valence-corrected chi connectivity index (χ2v) is 5.67. The number of aliphatic hydroxyl groups excluding tert-OH is 1. The average molecular weight is 264 g/mol. The van der Waals surface area contributed by atoms with Crippen molar-refractivity contribution in [2.75, 3.05) is 17.6 Å². The lowest BCUT2D eigenvalue weighted by atomic mass is 9.86. The fourth-order valence-corrected chi connectivity index (χ4v) is 2.77. The smallest absolute Gasteiger partial charge is 0.134 e. The van der Waals surface area contributed by atoms with Crippen molar-refractivity contribution in [3.05, 3.63) is 11.9 Å². The third-order valence-electron chi connectivity index (χ3n) is 3.89. The summed E-state index contributed by atoms with van der Waals surface area (Å²) >= 11 is 0. The first kappa shape index (κ1) is 14.1. The number of nitrogens with two attached hydrogens (primary N) is 1. The van der Waals surface area contributed by atoms with Gasteiger partial charge < -0.3 is 16.2 Å². The minimum absolute atomic E-state index is 0.192. The van der Waals surface area contributed by atoms with Crippen molar-refractivity contribution in [2.45, 2.75) is 51.6 Å². The van der Waals surface area contributed by atoms with Gasteiger partial charge in [0, 0.05) is 18.0 Å². The number of nitrogens with one attached hydrogen (secondary N) is 1. The summed E-state index contributed by atoms with van der Waals surface area (Å²) in [7, 11) is 0. The molecule has 19 heavy (non-hydrogen) atoms. The van der Waals surface area contributed by atoms with E-state index >= 15 is 0 Å². The second-order valence-electron chi connectivity index (χ2n) is 5.67. The largest absolute Gasteiger partial charge is 0.393 e. The van der Waals surface area contributed by atoms with Crippen LogP contribution in [-0.2, 0) is 0 Å². The van der Waals surface area contributed by atoms with Crippen LogP contribution in [0.3, 0.4) is 0 Å². The van der Waals surface area contributed by atoms with Gasteiger partial charge in [-0.05, 0) is 18.8 Å². The van der Waals surface area contributed by atoms with Crippen LogP contribution in [0, 0.1) is 5.92 Å². The van der Waals surface area contributed by atoms with Gasteiger partial charge in [-0.3, -0.25) is 0 Å². The normalized spacial score (nSPS) is 23.6. The summed E-state index contributed by atoms with van der Waals surface area (Å²) in [4.78, 5) is 8.33. The Kier molecular flexibility index (Phi) is 4.58. The van der Waals surface area contributed by atoms with Crippen molar-refractivity contribution in [1.29, 1.82) is 0 Å². The predicted molar refractivity (Wildman–Crippen MR) is 77.0 cm³/mol. The minimum atomic E-state index is -0.192. The number of hydrogen-bond acceptors (Lipinski definition) is 5. The van der Waals surface area contributed by atoms with E-state index in [0.717, 1.165) is 37.2 Å². The Balaban J connectivity index is 2.05. The van der Waals surface area contributed by atoms with Gasteiger partial charge in [0.05, 0.1) is 6.10 Å². The summed E-state index contributed by atoms with van der Waals surface area (Å²) in [6.45, 7) is 4.91. The topological polar surface area (TPSA) is 84.1 Å². The van der Waals surface area contributed by atoms with E-state index in [1.165, 1.54) is 12.7 Å². The lowest BCUT2D eigenvalue weighted by Gasteiger charge is -2.28. The van der Waals surface area contributed by atoms with Crippen molar-refractivity contribution in [3.8, 4) is 0 Å². The van der Waals surface area contributed by atoms with Gasteiger partial charge in [-0.25, -0.2) is 9.97 Å². The van der Waals surface area contributed by atoms with Crippen molar-refractivity contribution in [1.82, 2.24) is 9.97 Å². The van der Waals surface area contributed by atoms with Crippen LogP contribution in [0.4, 0.5) is 11.6 Å². The lowest BCUT2D eigenvalue weighted by Crippen LogP contribution is -2.30. The third-order valence-corrected chi connectivity index (χ3v) is 3.89. The second kappa shape index (κ2) is 6.19. The summed E-state index contributed by atoms with van der Waals surface area (Å²) in [6, 6.07) is 0. The van der Waals surface area contributed by atoms with E-state index < -0.39 is 0 Å². The van der Waals surface area contributed by atoms with Crippen LogP contribution < -0.4 is 11.1 Å². The zero-order valence-corrected chi connectivity index (χ0v) is 11.8. The number of aliphatic hydroxyl groups is 1. The standard InChI is InChI=1S/C14H24N4O/c1-9(2)12-13(15)17-8-18-14(12)16-7-10-5-3-4-6-11(10)19/h8-11,19H,3-7H2,1-2H3,(H3,15,16,17,18). The zero-order chi connectivity index (χ0) is 13.8. The Bertz CT molecular complexity index is 422. The van der Waals surface area contributed by atoms with Crippen LogP contribution in [0.25, 0.3) is 0 Å². The average Bonchev–Trinajstić information content (AvgIpc) is 2.37. The fourth-order valence-electron chi connectivity index (χ4n) is 2.77. The molecule has 0 saturated heterocycles. The van der Waals surface area contributed by atoms with Crippen LogP contribution in [-0.4, -0.2) is 27.7 Å². The number of hydrogen-bond donors (Lipinski definition) is 3. The van der Waals surface area contributed by atoms with Gasteiger partial charge in [-0.1, -0.05) is 26.7 Å². The van der Waals surface area contributed by atoms with Crippen molar-refractivity contribution >= 4 is 11.6 Å². The molecule has 0 spiro atoms. The minimum Gasteiger partial charge on any atom is -0.393 e. The number of nitrogens with zero attached hydrogens (tertiary/aromatic N) is 2. The maximum Gasteiger partial charge on any atom is 0.134 e. The Hall–Kier alpha value is -1.36. The van der Waals surface area contributed by atoms with Gasteiger partial charge in [0.15, 0.2) is 0 Å². The number of nitrogen functional groups attached to an aromatic ring is 1. The highest BCUT2D eigenvalue weighted by Gasteiger charge is 2.23.